The van der Waals surface area contributed by atoms with Gasteiger partial charge in [0.2, 0.25) is 0 Å². The van der Waals surface area contributed by atoms with E-state index >= 15 is 0 Å². The third-order valence-electron chi connectivity index (χ3n) is 14.9. The molecular formula is C39H62O15. The summed E-state index contributed by atoms with van der Waals surface area (Å²) >= 11 is 0. The standard InChI is InChI=1S/C39H62O15/c1-16(41)22-8-9-23-21-7-6-19-14-20(10-12-38(19,4)24(21)11-13-39(22,23)5)51-37-34(54-36-31(47)29(45)27(43)18(3)50-36)32(48)33(25(15-40)52-37)53-35-30(46)28(44)26(42)17(2)49-35/h6,17-18,20-37,40,42-48H,7-15H2,1-5H3/t17?,18?,20-,21-,22+,23-,24-,25?,26-,27-,28?,29?,30+,31-,32-,33+,34?,35-,36-,37+,38-,39+/m0/s1. The van der Waals surface area contributed by atoms with Crippen molar-refractivity contribution in [2.75, 3.05) is 6.61 Å². The maximum absolute atomic E-state index is 12.6. The Kier molecular flexibility index (Phi) is 11.8. The van der Waals surface area contributed by atoms with Crippen LogP contribution in [0.1, 0.15) is 86.0 Å². The Morgan fingerprint density at radius 3 is 1.93 bits per heavy atom. The molecule has 3 saturated heterocycles. The first-order chi connectivity index (χ1) is 25.5. The average molecular weight is 771 g/mol. The molecule has 15 heteroatoms. The number of hydrogen-bond donors (Lipinski definition) is 8. The SMILES string of the molecule is CC(=O)[C@H]1CC[C@H]2[C@@H]3CC=C4C[C@@H](O[C@@H]5OC(CO)[C@@H](O[C@@H]6OC(C)[C@H](O)C(O)[C@H]6O)[C@H](O)C5O[C@@H]5OC(C)[C@H](O)C(O)[C@@H]5O)CC[C@]4(C)[C@H]3CC[C@]12C. The molecule has 7 rings (SSSR count). The number of rotatable bonds is 8. The van der Waals surface area contributed by atoms with Crippen LogP contribution >= 0.6 is 0 Å². The van der Waals surface area contributed by atoms with Crippen molar-refractivity contribution < 1.29 is 74.1 Å². The molecule has 308 valence electrons. The van der Waals surface area contributed by atoms with Gasteiger partial charge in [0.05, 0.1) is 24.9 Å². The zero-order chi connectivity index (χ0) is 39.0. The molecule has 54 heavy (non-hydrogen) atoms. The number of ether oxygens (including phenoxy) is 6. The molecule has 0 aromatic carbocycles. The zero-order valence-electron chi connectivity index (χ0n) is 31.9. The molecule has 0 aromatic heterocycles. The Morgan fingerprint density at radius 1 is 0.722 bits per heavy atom. The number of hydrogen-bond acceptors (Lipinski definition) is 15. The van der Waals surface area contributed by atoms with Gasteiger partial charge in [0, 0.05) is 5.92 Å². The number of aliphatic hydroxyl groups is 8. The zero-order valence-corrected chi connectivity index (χ0v) is 31.9. The molecule has 0 spiro atoms. The molecular weight excluding hydrogens is 708 g/mol. The highest BCUT2D eigenvalue weighted by atomic mass is 16.8. The first-order valence-electron chi connectivity index (χ1n) is 20.0. The van der Waals surface area contributed by atoms with E-state index in [1.165, 1.54) is 19.4 Å². The van der Waals surface area contributed by atoms with Crippen LogP contribution in [0.15, 0.2) is 11.6 Å². The van der Waals surface area contributed by atoms with Crippen LogP contribution in [-0.2, 0) is 33.2 Å². The van der Waals surface area contributed by atoms with Crippen molar-refractivity contribution >= 4 is 5.78 Å². The lowest BCUT2D eigenvalue weighted by molar-refractivity contribution is -0.388. The van der Waals surface area contributed by atoms with E-state index in [-0.39, 0.29) is 22.9 Å². The molecule has 4 aliphatic carbocycles. The highest BCUT2D eigenvalue weighted by Gasteiger charge is 2.60. The number of aliphatic hydroxyl groups excluding tert-OH is 8. The minimum atomic E-state index is -1.71. The summed E-state index contributed by atoms with van der Waals surface area (Å²) < 4.78 is 36.3. The summed E-state index contributed by atoms with van der Waals surface area (Å²) in [5.41, 5.74) is 1.33. The second kappa shape index (κ2) is 15.6. The molecule has 0 radical (unpaired) electrons. The number of carbonyl (C=O) groups is 1. The van der Waals surface area contributed by atoms with Crippen molar-refractivity contribution in [3.8, 4) is 0 Å². The van der Waals surface area contributed by atoms with Crippen molar-refractivity contribution in [2.45, 2.75) is 184 Å². The Bertz CT molecular complexity index is 1380. The van der Waals surface area contributed by atoms with E-state index in [1.807, 2.05) is 0 Å². The molecule has 15 nitrogen and oxygen atoms in total. The third kappa shape index (κ3) is 6.95. The van der Waals surface area contributed by atoms with Gasteiger partial charge in [-0.25, -0.2) is 0 Å². The summed E-state index contributed by atoms with van der Waals surface area (Å²) in [6.45, 7) is 8.78. The van der Waals surface area contributed by atoms with Crippen molar-refractivity contribution in [1.29, 1.82) is 0 Å². The van der Waals surface area contributed by atoms with Gasteiger partial charge >= 0.3 is 0 Å². The third-order valence-corrected chi connectivity index (χ3v) is 14.9. The van der Waals surface area contributed by atoms with Crippen LogP contribution < -0.4 is 0 Å². The van der Waals surface area contributed by atoms with Gasteiger partial charge in [-0.1, -0.05) is 25.5 Å². The van der Waals surface area contributed by atoms with Crippen LogP contribution in [0.5, 0.6) is 0 Å². The lowest BCUT2D eigenvalue weighted by Crippen LogP contribution is -2.66. The molecule has 3 saturated carbocycles. The van der Waals surface area contributed by atoms with Gasteiger partial charge < -0.3 is 69.3 Å². The summed E-state index contributed by atoms with van der Waals surface area (Å²) in [5.74, 6) is 1.99. The summed E-state index contributed by atoms with van der Waals surface area (Å²) in [4.78, 5) is 12.6. The monoisotopic (exact) mass is 770 g/mol. The van der Waals surface area contributed by atoms with Crippen LogP contribution in [-0.4, -0.2) is 151 Å². The van der Waals surface area contributed by atoms with E-state index in [2.05, 4.69) is 19.9 Å². The fourth-order valence-corrected chi connectivity index (χ4v) is 11.6. The normalized spacial score (nSPS) is 54.9. The summed E-state index contributed by atoms with van der Waals surface area (Å²) in [6.07, 6.45) is -12.2. The molecule has 7 aliphatic rings. The van der Waals surface area contributed by atoms with Crippen LogP contribution in [0, 0.1) is 34.5 Å². The smallest absolute Gasteiger partial charge is 0.187 e. The maximum atomic E-state index is 12.6. The number of allylic oxidation sites excluding steroid dienone is 1. The highest BCUT2D eigenvalue weighted by molar-refractivity contribution is 5.79. The highest BCUT2D eigenvalue weighted by Crippen LogP contribution is 2.66. The van der Waals surface area contributed by atoms with E-state index in [0.29, 0.717) is 36.4 Å². The topological polar surface area (TPSA) is 234 Å². The number of Topliss-reactive ketones (excluding diaryl/α,β-unsaturated/α-hetero) is 1. The van der Waals surface area contributed by atoms with Crippen LogP contribution in [0.3, 0.4) is 0 Å². The second-order valence-corrected chi connectivity index (χ2v) is 17.8. The van der Waals surface area contributed by atoms with Crippen molar-refractivity contribution in [3.05, 3.63) is 11.6 Å². The predicted octanol–water partition coefficient (Wildman–Crippen LogP) is 0.0431. The molecule has 6 fully saturated rings. The Morgan fingerprint density at radius 2 is 1.33 bits per heavy atom. The number of carbonyl (C=O) groups excluding carboxylic acids is 1. The quantitative estimate of drug-likeness (QED) is 0.152. The van der Waals surface area contributed by atoms with Gasteiger partial charge in [-0.05, 0) is 101 Å². The van der Waals surface area contributed by atoms with E-state index in [9.17, 15) is 45.6 Å². The van der Waals surface area contributed by atoms with E-state index in [1.54, 1.807) is 6.92 Å². The van der Waals surface area contributed by atoms with Gasteiger partial charge in [0.15, 0.2) is 18.9 Å². The number of ketones is 1. The molecule has 0 amide bonds. The minimum Gasteiger partial charge on any atom is -0.394 e. The average Bonchev–Trinajstić information content (AvgIpc) is 3.50. The van der Waals surface area contributed by atoms with Crippen LogP contribution in [0.4, 0.5) is 0 Å². The molecule has 8 N–H and O–H groups in total. The first kappa shape index (κ1) is 41.0. The molecule has 6 unspecified atom stereocenters. The maximum Gasteiger partial charge on any atom is 0.187 e. The Hall–Kier alpha value is -1.15. The van der Waals surface area contributed by atoms with Crippen molar-refractivity contribution in [3.63, 3.8) is 0 Å². The van der Waals surface area contributed by atoms with Gasteiger partial charge in [0.1, 0.15) is 66.8 Å². The largest absolute Gasteiger partial charge is 0.394 e. The fourth-order valence-electron chi connectivity index (χ4n) is 11.6. The predicted molar refractivity (Wildman–Crippen MR) is 187 cm³/mol. The molecule has 3 heterocycles. The summed E-state index contributed by atoms with van der Waals surface area (Å²) in [6, 6.07) is 0. The summed E-state index contributed by atoms with van der Waals surface area (Å²) in [5, 5.41) is 85.2. The van der Waals surface area contributed by atoms with Crippen LogP contribution in [0.2, 0.25) is 0 Å². The Balaban J connectivity index is 1.10. The van der Waals surface area contributed by atoms with Gasteiger partial charge in [0.25, 0.3) is 0 Å². The van der Waals surface area contributed by atoms with E-state index < -0.39 is 98.7 Å². The molecule has 3 aliphatic heterocycles. The first-order valence-corrected chi connectivity index (χ1v) is 20.0. The number of fused-ring (bicyclic) bond motifs is 5. The molecule has 0 aromatic rings. The van der Waals surface area contributed by atoms with Crippen molar-refractivity contribution in [1.82, 2.24) is 0 Å². The fraction of sp³-hybridized carbons (Fsp3) is 0.923. The van der Waals surface area contributed by atoms with Gasteiger partial charge in [-0.15, -0.1) is 0 Å². The molecule has 22 atom stereocenters. The second-order valence-electron chi connectivity index (χ2n) is 17.8. The van der Waals surface area contributed by atoms with E-state index in [0.717, 1.165) is 38.5 Å². The lowest BCUT2D eigenvalue weighted by atomic mass is 9.47. The Labute approximate surface area is 316 Å². The minimum absolute atomic E-state index is 0.0307. The van der Waals surface area contributed by atoms with Gasteiger partial charge in [-0.3, -0.25) is 4.79 Å². The van der Waals surface area contributed by atoms with Gasteiger partial charge in [-0.2, -0.15) is 0 Å². The van der Waals surface area contributed by atoms with Crippen LogP contribution in [0.25, 0.3) is 0 Å². The van der Waals surface area contributed by atoms with Crippen molar-refractivity contribution in [2.24, 2.45) is 34.5 Å². The van der Waals surface area contributed by atoms with E-state index in [4.69, 9.17) is 28.4 Å². The molecule has 0 bridgehead atoms. The summed E-state index contributed by atoms with van der Waals surface area (Å²) in [7, 11) is 0. The lowest BCUT2D eigenvalue weighted by Gasteiger charge is -2.58.